The lowest BCUT2D eigenvalue weighted by Crippen LogP contribution is -2.51. The van der Waals surface area contributed by atoms with Gasteiger partial charge in [0.25, 0.3) is 0 Å². The minimum Gasteiger partial charge on any atom is -0.458 e. The Morgan fingerprint density at radius 2 is 0.786 bits per heavy atom. The minimum absolute atomic E-state index is 0.402. The molecule has 0 aliphatic heterocycles. The maximum Gasteiger partial charge on any atom is 0.338 e. The van der Waals surface area contributed by atoms with Gasteiger partial charge in [-0.2, -0.15) is 0 Å². The molecule has 0 heterocycles. The fraction of sp³-hybridized carbons (Fsp3) is 0.417. The molecule has 0 aromatic heterocycles. The second kappa shape index (κ2) is 12.9. The summed E-state index contributed by atoms with van der Waals surface area (Å²) in [6.07, 6.45) is 0.167. The average molecular weight is 573 g/mol. The number of rotatable bonds is 12. The normalized spacial score (nSPS) is 12.5. The first-order valence-corrected chi connectivity index (χ1v) is 14.3. The van der Waals surface area contributed by atoms with Crippen molar-refractivity contribution in [2.75, 3.05) is 0 Å². The van der Waals surface area contributed by atoms with Gasteiger partial charge in [0.2, 0.25) is 0 Å². The first-order valence-electron chi connectivity index (χ1n) is 14.3. The summed E-state index contributed by atoms with van der Waals surface area (Å²) in [5, 5.41) is 0. The Kier molecular flexibility index (Phi) is 10.0. The van der Waals surface area contributed by atoms with Gasteiger partial charge in [-0.15, -0.1) is 0 Å². The van der Waals surface area contributed by atoms with E-state index in [1.165, 1.54) is 0 Å². The Morgan fingerprint density at radius 3 is 1.10 bits per heavy atom. The number of benzene rings is 3. The van der Waals surface area contributed by atoms with E-state index in [0.29, 0.717) is 29.5 Å². The molecule has 224 valence electrons. The highest BCUT2D eigenvalue weighted by molar-refractivity contribution is 5.90. The number of carbonyl (C=O) groups excluding carboxylic acids is 3. The van der Waals surface area contributed by atoms with Crippen LogP contribution < -0.4 is 0 Å². The number of ether oxygens (including phenoxy) is 3. The topological polar surface area (TPSA) is 78.9 Å². The molecule has 6 heteroatoms. The third-order valence-electron chi connectivity index (χ3n) is 7.17. The van der Waals surface area contributed by atoms with Crippen molar-refractivity contribution in [3.8, 4) is 0 Å². The molecule has 0 saturated heterocycles. The summed E-state index contributed by atoms with van der Waals surface area (Å²) >= 11 is 0. The van der Waals surface area contributed by atoms with Crippen molar-refractivity contribution < 1.29 is 28.6 Å². The summed E-state index contributed by atoms with van der Waals surface area (Å²) in [6, 6.07) is 26.6. The molecule has 0 unspecified atom stereocenters. The van der Waals surface area contributed by atoms with Crippen LogP contribution in [-0.2, 0) is 14.2 Å². The second-order valence-corrected chi connectivity index (χ2v) is 13.5. The zero-order valence-electron chi connectivity index (χ0n) is 26.1. The van der Waals surface area contributed by atoms with Crippen LogP contribution in [0.25, 0.3) is 0 Å². The SMILES string of the molecule is CC(C)(CC(C)(C)C(OC(=O)c1ccccc1)C(C)(C)CC(C)(C)OC(=O)c1ccccc1)OC(=O)c1ccccc1. The predicted octanol–water partition coefficient (Wildman–Crippen LogP) is 8.32. The largest absolute Gasteiger partial charge is 0.458 e. The summed E-state index contributed by atoms with van der Waals surface area (Å²) in [4.78, 5) is 39.3. The zero-order valence-corrected chi connectivity index (χ0v) is 26.1. The van der Waals surface area contributed by atoms with Crippen molar-refractivity contribution in [3.05, 3.63) is 108 Å². The van der Waals surface area contributed by atoms with Crippen molar-refractivity contribution in [1.82, 2.24) is 0 Å². The van der Waals surface area contributed by atoms with Crippen molar-refractivity contribution in [3.63, 3.8) is 0 Å². The molecule has 0 spiro atoms. The highest BCUT2D eigenvalue weighted by atomic mass is 16.6. The highest BCUT2D eigenvalue weighted by Crippen LogP contribution is 2.47. The lowest BCUT2D eigenvalue weighted by Gasteiger charge is -2.48. The Balaban J connectivity index is 1.88. The lowest BCUT2D eigenvalue weighted by molar-refractivity contribution is -0.113. The Bertz CT molecular complexity index is 1260. The van der Waals surface area contributed by atoms with Gasteiger partial charge in [-0.3, -0.25) is 0 Å². The quantitative estimate of drug-likeness (QED) is 0.160. The molecule has 0 saturated carbocycles. The van der Waals surface area contributed by atoms with E-state index in [0.717, 1.165) is 0 Å². The number of carbonyl (C=O) groups is 3. The van der Waals surface area contributed by atoms with E-state index in [9.17, 15) is 14.4 Å². The molecule has 0 aliphatic carbocycles. The van der Waals surface area contributed by atoms with Crippen LogP contribution >= 0.6 is 0 Å². The van der Waals surface area contributed by atoms with Gasteiger partial charge in [0.05, 0.1) is 16.7 Å². The first-order chi connectivity index (χ1) is 19.5. The Labute approximate surface area is 250 Å². The van der Waals surface area contributed by atoms with E-state index >= 15 is 0 Å². The molecule has 42 heavy (non-hydrogen) atoms. The van der Waals surface area contributed by atoms with Crippen LogP contribution in [0, 0.1) is 10.8 Å². The average Bonchev–Trinajstić information content (AvgIpc) is 2.91. The van der Waals surface area contributed by atoms with Gasteiger partial charge >= 0.3 is 17.9 Å². The third kappa shape index (κ3) is 9.04. The minimum atomic E-state index is -0.876. The molecular weight excluding hydrogens is 528 g/mol. The van der Waals surface area contributed by atoms with E-state index in [-0.39, 0.29) is 0 Å². The van der Waals surface area contributed by atoms with E-state index in [2.05, 4.69) is 0 Å². The van der Waals surface area contributed by atoms with Crippen LogP contribution in [0.3, 0.4) is 0 Å². The van der Waals surface area contributed by atoms with Gasteiger partial charge < -0.3 is 14.2 Å². The molecule has 0 amide bonds. The van der Waals surface area contributed by atoms with Crippen LogP contribution in [0.4, 0.5) is 0 Å². The van der Waals surface area contributed by atoms with Gasteiger partial charge in [-0.05, 0) is 76.9 Å². The molecule has 3 aromatic rings. The van der Waals surface area contributed by atoms with Crippen molar-refractivity contribution >= 4 is 17.9 Å². The molecule has 0 N–H and O–H groups in total. The zero-order chi connectivity index (χ0) is 31.2. The molecule has 0 aliphatic rings. The van der Waals surface area contributed by atoms with Gasteiger partial charge in [-0.25, -0.2) is 14.4 Å². The molecule has 0 atom stereocenters. The van der Waals surface area contributed by atoms with Crippen molar-refractivity contribution in [1.29, 1.82) is 0 Å². The van der Waals surface area contributed by atoms with Crippen molar-refractivity contribution in [2.45, 2.75) is 85.5 Å². The predicted molar refractivity (Wildman–Crippen MR) is 164 cm³/mol. The molecular formula is C36H44O6. The summed E-state index contributed by atoms with van der Waals surface area (Å²) in [5.74, 6) is -1.27. The lowest BCUT2D eigenvalue weighted by atomic mass is 9.64. The van der Waals surface area contributed by atoms with Gasteiger partial charge in [0.15, 0.2) is 0 Å². The second-order valence-electron chi connectivity index (χ2n) is 13.5. The van der Waals surface area contributed by atoms with Gasteiger partial charge in [0.1, 0.15) is 17.3 Å². The van der Waals surface area contributed by atoms with Crippen LogP contribution in [-0.4, -0.2) is 35.2 Å². The summed E-state index contributed by atoms with van der Waals surface area (Å²) < 4.78 is 18.2. The van der Waals surface area contributed by atoms with Crippen LogP contribution in [0.2, 0.25) is 0 Å². The molecule has 0 fully saturated rings. The van der Waals surface area contributed by atoms with Gasteiger partial charge in [0, 0.05) is 10.8 Å². The van der Waals surface area contributed by atoms with E-state index < -0.39 is 46.0 Å². The van der Waals surface area contributed by atoms with Crippen LogP contribution in [0.5, 0.6) is 0 Å². The highest BCUT2D eigenvalue weighted by Gasteiger charge is 2.49. The fourth-order valence-corrected chi connectivity index (χ4v) is 6.35. The molecule has 0 radical (unpaired) electrons. The summed E-state index contributed by atoms with van der Waals surface area (Å²) in [5.41, 5.74) is -1.69. The number of esters is 3. The maximum atomic E-state index is 13.4. The van der Waals surface area contributed by atoms with E-state index in [1.54, 1.807) is 72.8 Å². The third-order valence-corrected chi connectivity index (χ3v) is 7.17. The van der Waals surface area contributed by atoms with Gasteiger partial charge in [-0.1, -0.05) is 82.3 Å². The van der Waals surface area contributed by atoms with Crippen LogP contribution in [0.15, 0.2) is 91.0 Å². The molecule has 3 aromatic carbocycles. The molecule has 0 bridgehead atoms. The molecule has 3 rings (SSSR count). The van der Waals surface area contributed by atoms with Crippen molar-refractivity contribution in [2.24, 2.45) is 10.8 Å². The fourth-order valence-electron chi connectivity index (χ4n) is 6.35. The molecule has 6 nitrogen and oxygen atoms in total. The summed E-state index contributed by atoms with van der Waals surface area (Å²) in [7, 11) is 0. The number of hydrogen-bond acceptors (Lipinski definition) is 6. The number of hydrogen-bond donors (Lipinski definition) is 0. The Morgan fingerprint density at radius 1 is 0.500 bits per heavy atom. The van der Waals surface area contributed by atoms with Crippen LogP contribution in [0.1, 0.15) is 99.3 Å². The standard InChI is InChI=1S/C36H44O6/c1-33(2,24-35(5,6)41-30(38)27-20-14-10-15-21-27)32(40-29(37)26-18-12-9-13-19-26)34(3,4)25-36(7,8)42-31(39)28-22-16-11-17-23-28/h9-23,32H,24-25H2,1-8H3. The van der Waals surface area contributed by atoms with E-state index in [1.807, 2.05) is 73.6 Å². The van der Waals surface area contributed by atoms with E-state index in [4.69, 9.17) is 14.2 Å². The Hall–Kier alpha value is -3.93. The smallest absolute Gasteiger partial charge is 0.338 e. The summed E-state index contributed by atoms with van der Waals surface area (Å²) in [6.45, 7) is 15.5. The monoisotopic (exact) mass is 572 g/mol. The first kappa shape index (κ1) is 32.6. The maximum absolute atomic E-state index is 13.4.